The van der Waals surface area contributed by atoms with Crippen LogP contribution in [0.15, 0.2) is 11.6 Å². The summed E-state index contributed by atoms with van der Waals surface area (Å²) in [5, 5.41) is 10.9. The molecule has 4 aliphatic rings. The fraction of sp³-hybridized carbons (Fsp3) is 0.862. The van der Waals surface area contributed by atoms with Gasteiger partial charge in [0, 0.05) is 25.7 Å². The fourth-order valence-corrected chi connectivity index (χ4v) is 8.74. The molecule has 33 heavy (non-hydrogen) atoms. The van der Waals surface area contributed by atoms with E-state index in [0.717, 1.165) is 36.2 Å². The monoisotopic (exact) mass is 458 g/mol. The van der Waals surface area contributed by atoms with Gasteiger partial charge in [-0.05, 0) is 78.6 Å². The largest absolute Gasteiger partial charge is 0.433 e. The Labute approximate surface area is 200 Å². The topological polar surface area (TPSA) is 63.6 Å². The minimum absolute atomic E-state index is 0.0761. The normalized spacial score (nSPS) is 43.4. The van der Waals surface area contributed by atoms with Crippen molar-refractivity contribution in [1.82, 2.24) is 0 Å². The summed E-state index contributed by atoms with van der Waals surface area (Å²) in [6, 6.07) is 0. The summed E-state index contributed by atoms with van der Waals surface area (Å²) in [7, 11) is 0. The van der Waals surface area contributed by atoms with Gasteiger partial charge in [0.1, 0.15) is 0 Å². The Morgan fingerprint density at radius 2 is 1.82 bits per heavy atom. The van der Waals surface area contributed by atoms with E-state index in [1.807, 2.05) is 6.08 Å². The van der Waals surface area contributed by atoms with Crippen molar-refractivity contribution in [3.8, 4) is 0 Å². The molecule has 4 nitrogen and oxygen atoms in total. The molecule has 0 saturated heterocycles. The lowest BCUT2D eigenvalue weighted by molar-refractivity contribution is -0.221. The first kappa shape index (κ1) is 24.9. The summed E-state index contributed by atoms with van der Waals surface area (Å²) in [6.07, 6.45) is 12.0. The van der Waals surface area contributed by atoms with Crippen molar-refractivity contribution in [2.24, 2.45) is 46.3 Å². The average molecular weight is 459 g/mol. The zero-order chi connectivity index (χ0) is 24.2. The Morgan fingerprint density at radius 1 is 1.09 bits per heavy atom. The number of hydrogen-bond donors (Lipinski definition) is 1. The Balaban J connectivity index is 1.54. The molecule has 0 amide bonds. The van der Waals surface area contributed by atoms with Crippen molar-refractivity contribution in [3.05, 3.63) is 11.6 Å². The van der Waals surface area contributed by atoms with Gasteiger partial charge in [0.2, 0.25) is 5.79 Å². The molecule has 0 spiro atoms. The molecule has 3 saturated carbocycles. The molecule has 0 bridgehead atoms. The van der Waals surface area contributed by atoms with E-state index in [0.29, 0.717) is 18.3 Å². The van der Waals surface area contributed by atoms with Crippen LogP contribution in [0, 0.1) is 46.3 Å². The number of carbonyl (C=O) groups excluding carboxylic acids is 2. The summed E-state index contributed by atoms with van der Waals surface area (Å²) in [4.78, 5) is 25.1. The van der Waals surface area contributed by atoms with E-state index < -0.39 is 11.8 Å². The van der Waals surface area contributed by atoms with E-state index in [2.05, 4.69) is 34.6 Å². The first-order chi connectivity index (χ1) is 15.4. The number of rotatable bonds is 6. The Kier molecular flexibility index (Phi) is 6.66. The zero-order valence-corrected chi connectivity index (χ0v) is 21.8. The first-order valence-electron chi connectivity index (χ1n) is 13.6. The quantitative estimate of drug-likeness (QED) is 0.366. The summed E-state index contributed by atoms with van der Waals surface area (Å²) in [5.74, 6) is 1.51. The SMILES string of the molecule is CC(=O)O[C@]1(O)CC[C@@]2(C)C(=CC(=O)[C@H]3[C@@H]4CC[C@H]([C@H](C)CCCC(C)C)[C@@]4(C)CC[C@@H]32)C1. The predicted molar refractivity (Wildman–Crippen MR) is 130 cm³/mol. The van der Waals surface area contributed by atoms with Crippen molar-refractivity contribution in [2.45, 2.75) is 112 Å². The fourth-order valence-electron chi connectivity index (χ4n) is 8.74. The van der Waals surface area contributed by atoms with Crippen LogP contribution in [0.2, 0.25) is 0 Å². The number of esters is 1. The number of aliphatic hydroxyl groups is 1. The maximum atomic E-state index is 13.6. The van der Waals surface area contributed by atoms with Crippen LogP contribution in [0.4, 0.5) is 0 Å². The molecular weight excluding hydrogens is 412 g/mol. The molecule has 0 unspecified atom stereocenters. The average Bonchev–Trinajstić information content (AvgIpc) is 3.05. The first-order valence-corrected chi connectivity index (χ1v) is 13.6. The van der Waals surface area contributed by atoms with Gasteiger partial charge in [0.25, 0.3) is 0 Å². The van der Waals surface area contributed by atoms with Gasteiger partial charge in [0.05, 0.1) is 0 Å². The minimum atomic E-state index is -1.46. The number of hydrogen-bond acceptors (Lipinski definition) is 4. The summed E-state index contributed by atoms with van der Waals surface area (Å²) in [6.45, 7) is 13.2. The van der Waals surface area contributed by atoms with Crippen LogP contribution >= 0.6 is 0 Å². The van der Waals surface area contributed by atoms with Gasteiger partial charge >= 0.3 is 5.97 Å². The lowest BCUT2D eigenvalue weighted by Gasteiger charge is -2.58. The van der Waals surface area contributed by atoms with Crippen LogP contribution in [0.3, 0.4) is 0 Å². The molecule has 1 N–H and O–H groups in total. The molecule has 4 heteroatoms. The lowest BCUT2D eigenvalue weighted by Crippen LogP contribution is -2.55. The molecule has 0 aromatic carbocycles. The Bertz CT molecular complexity index is 814. The van der Waals surface area contributed by atoms with Gasteiger partial charge in [-0.2, -0.15) is 0 Å². The van der Waals surface area contributed by atoms with Crippen molar-refractivity contribution in [3.63, 3.8) is 0 Å². The molecule has 3 fully saturated rings. The standard InChI is InChI=1S/C29H46O4/c1-18(2)8-7-9-19(3)22-10-11-23-26-24(12-13-28(22,23)6)27(5)14-15-29(32,33-20(4)30)17-21(27)16-25(26)31/h16,18-19,22-24,26,32H,7-15,17H2,1-6H3/t19-,22-,23+,24+,26+,27+,28-,29-/m1/s1. The van der Waals surface area contributed by atoms with Crippen molar-refractivity contribution < 1.29 is 19.4 Å². The molecule has 0 aromatic rings. The molecule has 4 rings (SSSR count). The molecule has 186 valence electrons. The van der Waals surface area contributed by atoms with Gasteiger partial charge in [-0.3, -0.25) is 9.59 Å². The highest BCUT2D eigenvalue weighted by atomic mass is 16.7. The van der Waals surface area contributed by atoms with Gasteiger partial charge in [0.15, 0.2) is 5.78 Å². The second-order valence-corrected chi connectivity index (χ2v) is 13.0. The van der Waals surface area contributed by atoms with Crippen LogP contribution in [-0.4, -0.2) is 22.6 Å². The maximum absolute atomic E-state index is 13.6. The van der Waals surface area contributed by atoms with E-state index in [-0.39, 0.29) is 29.0 Å². The third-order valence-corrected chi connectivity index (χ3v) is 10.5. The third-order valence-electron chi connectivity index (χ3n) is 10.5. The molecule has 0 radical (unpaired) electrons. The van der Waals surface area contributed by atoms with Gasteiger partial charge in [-0.1, -0.05) is 59.5 Å². The highest BCUT2D eigenvalue weighted by Crippen LogP contribution is 2.67. The van der Waals surface area contributed by atoms with E-state index in [1.54, 1.807) is 0 Å². The molecule has 0 aliphatic heterocycles. The van der Waals surface area contributed by atoms with E-state index >= 15 is 0 Å². The lowest BCUT2D eigenvalue weighted by atomic mass is 9.46. The van der Waals surface area contributed by atoms with E-state index in [4.69, 9.17) is 4.74 Å². The molecule has 0 aromatic heterocycles. The van der Waals surface area contributed by atoms with E-state index in [1.165, 1.54) is 45.4 Å². The summed E-state index contributed by atoms with van der Waals surface area (Å²) >= 11 is 0. The predicted octanol–water partition coefficient (Wildman–Crippen LogP) is 6.46. The van der Waals surface area contributed by atoms with Crippen LogP contribution < -0.4 is 0 Å². The van der Waals surface area contributed by atoms with Crippen LogP contribution in [0.25, 0.3) is 0 Å². The number of ether oxygens (including phenoxy) is 1. The van der Waals surface area contributed by atoms with Crippen molar-refractivity contribution >= 4 is 11.8 Å². The van der Waals surface area contributed by atoms with Gasteiger partial charge in [-0.25, -0.2) is 0 Å². The Morgan fingerprint density at radius 3 is 2.48 bits per heavy atom. The van der Waals surface area contributed by atoms with Gasteiger partial charge < -0.3 is 9.84 Å². The molecule has 0 heterocycles. The third kappa shape index (κ3) is 4.34. The second-order valence-electron chi connectivity index (χ2n) is 13.0. The molecular formula is C29H46O4. The molecule has 8 atom stereocenters. The maximum Gasteiger partial charge on any atom is 0.305 e. The minimum Gasteiger partial charge on any atom is -0.433 e. The number of ketones is 1. The highest BCUT2D eigenvalue weighted by molar-refractivity contribution is 5.94. The summed E-state index contributed by atoms with van der Waals surface area (Å²) < 4.78 is 5.28. The number of carbonyl (C=O) groups is 2. The van der Waals surface area contributed by atoms with Crippen LogP contribution in [0.1, 0.15) is 106 Å². The number of allylic oxidation sites excluding steroid dienone is 1. The zero-order valence-electron chi connectivity index (χ0n) is 21.8. The smallest absolute Gasteiger partial charge is 0.305 e. The second kappa shape index (κ2) is 8.81. The summed E-state index contributed by atoms with van der Waals surface area (Å²) in [5.41, 5.74) is 1.19. The number of fused-ring (bicyclic) bond motifs is 5. The highest BCUT2D eigenvalue weighted by Gasteiger charge is 2.62. The Hall–Kier alpha value is -1.16. The van der Waals surface area contributed by atoms with E-state index in [9.17, 15) is 14.7 Å². The molecule has 4 aliphatic carbocycles. The van der Waals surface area contributed by atoms with Crippen LogP contribution in [-0.2, 0) is 14.3 Å². The van der Waals surface area contributed by atoms with Crippen molar-refractivity contribution in [2.75, 3.05) is 0 Å². The van der Waals surface area contributed by atoms with Crippen molar-refractivity contribution in [1.29, 1.82) is 0 Å². The van der Waals surface area contributed by atoms with Crippen LogP contribution in [0.5, 0.6) is 0 Å². The van der Waals surface area contributed by atoms with Gasteiger partial charge in [-0.15, -0.1) is 0 Å².